The van der Waals surface area contributed by atoms with E-state index in [2.05, 4.69) is 78.3 Å². The van der Waals surface area contributed by atoms with Crippen LogP contribution in [0.4, 0.5) is 0 Å². The Morgan fingerprint density at radius 3 is 2.65 bits per heavy atom. The van der Waals surface area contributed by atoms with Crippen LogP contribution in [0.15, 0.2) is 47.1 Å². The smallest absolute Gasteiger partial charge is 0.0104 e. The fraction of sp³-hybridized carbons (Fsp3) is 0.550. The van der Waals surface area contributed by atoms with Gasteiger partial charge >= 0.3 is 0 Å². The molecule has 0 bridgehead atoms. The minimum absolute atomic E-state index is 0.334. The molecule has 1 unspecified atom stereocenters. The lowest BCUT2D eigenvalue weighted by atomic mass is 9.72. The van der Waals surface area contributed by atoms with Crippen molar-refractivity contribution in [2.45, 2.75) is 60.8 Å². The van der Waals surface area contributed by atoms with Crippen LogP contribution >= 0.6 is 0 Å². The van der Waals surface area contributed by atoms with Gasteiger partial charge in [-0.1, -0.05) is 56.2 Å². The number of hydrogen-bond donors (Lipinski definition) is 0. The molecule has 0 spiro atoms. The van der Waals surface area contributed by atoms with Crippen LogP contribution in [-0.2, 0) is 0 Å². The molecule has 0 aromatic heterocycles. The first-order valence-corrected chi connectivity index (χ1v) is 7.89. The van der Waals surface area contributed by atoms with E-state index in [4.69, 9.17) is 0 Å². The topological polar surface area (TPSA) is 0 Å². The third kappa shape index (κ3) is 5.15. The van der Waals surface area contributed by atoms with Crippen molar-refractivity contribution in [1.29, 1.82) is 0 Å². The maximum Gasteiger partial charge on any atom is -0.0104 e. The average Bonchev–Trinajstić information content (AvgIpc) is 2.37. The molecule has 0 saturated carbocycles. The first kappa shape index (κ1) is 17.0. The van der Waals surface area contributed by atoms with Crippen molar-refractivity contribution in [3.8, 4) is 0 Å². The summed E-state index contributed by atoms with van der Waals surface area (Å²) in [5.41, 5.74) is 4.75. The molecule has 1 rings (SSSR count). The second-order valence-corrected chi connectivity index (χ2v) is 6.75. The van der Waals surface area contributed by atoms with Crippen LogP contribution < -0.4 is 0 Å². The van der Waals surface area contributed by atoms with Crippen molar-refractivity contribution in [1.82, 2.24) is 0 Å². The van der Waals surface area contributed by atoms with Crippen LogP contribution in [0, 0.1) is 17.8 Å². The summed E-state index contributed by atoms with van der Waals surface area (Å²) in [6.45, 7) is 13.5. The van der Waals surface area contributed by atoms with Crippen LogP contribution in [0.5, 0.6) is 0 Å². The summed E-state index contributed by atoms with van der Waals surface area (Å²) in [6, 6.07) is 0. The molecule has 0 heterocycles. The molecule has 0 aliphatic heterocycles. The predicted octanol–water partition coefficient (Wildman–Crippen LogP) is 6.43. The summed E-state index contributed by atoms with van der Waals surface area (Å²) in [4.78, 5) is 0. The van der Waals surface area contributed by atoms with Crippen LogP contribution in [0.3, 0.4) is 0 Å². The van der Waals surface area contributed by atoms with E-state index in [9.17, 15) is 0 Å². The van der Waals surface area contributed by atoms with Crippen molar-refractivity contribution in [2.24, 2.45) is 11.3 Å². The number of hydrogen-bond acceptors (Lipinski definition) is 0. The van der Waals surface area contributed by atoms with Gasteiger partial charge in [-0.25, -0.2) is 0 Å². The normalized spacial score (nSPS) is 22.0. The van der Waals surface area contributed by atoms with Gasteiger partial charge in [-0.05, 0) is 44.1 Å². The second-order valence-electron chi connectivity index (χ2n) is 6.75. The number of rotatable bonds is 5. The van der Waals surface area contributed by atoms with E-state index in [0.717, 1.165) is 0 Å². The molecule has 1 aliphatic carbocycles. The molecule has 0 radical (unpaired) electrons. The summed E-state index contributed by atoms with van der Waals surface area (Å²) < 4.78 is 0. The minimum atomic E-state index is 0.334. The molecule has 20 heavy (non-hydrogen) atoms. The Morgan fingerprint density at radius 2 is 2.05 bits per heavy atom. The largest absolute Gasteiger partial charge is 0.325 e. The van der Waals surface area contributed by atoms with Gasteiger partial charge in [0.05, 0.1) is 0 Å². The van der Waals surface area contributed by atoms with E-state index in [0.29, 0.717) is 11.3 Å². The summed E-state index contributed by atoms with van der Waals surface area (Å²) in [7, 11) is 0. The second kappa shape index (κ2) is 7.67. The van der Waals surface area contributed by atoms with Gasteiger partial charge in [0.15, 0.2) is 0 Å². The van der Waals surface area contributed by atoms with Crippen molar-refractivity contribution < 1.29 is 0 Å². The predicted molar refractivity (Wildman–Crippen MR) is 91.5 cm³/mol. The lowest BCUT2D eigenvalue weighted by molar-refractivity contribution is 0.377. The third-order valence-corrected chi connectivity index (χ3v) is 4.35. The lowest BCUT2D eigenvalue weighted by Crippen LogP contribution is -2.19. The van der Waals surface area contributed by atoms with E-state index in [1.165, 1.54) is 30.4 Å². The van der Waals surface area contributed by atoms with E-state index in [1.54, 1.807) is 5.57 Å². The highest BCUT2D eigenvalue weighted by molar-refractivity contribution is 5.36. The SMILES string of the molecule is C[CH-]C(C)/C=C/C=C(C)/C=C/C1=C(C)CCCC1(C)C. The van der Waals surface area contributed by atoms with E-state index in [1.807, 2.05) is 0 Å². The van der Waals surface area contributed by atoms with Crippen molar-refractivity contribution in [3.05, 3.63) is 53.5 Å². The zero-order chi connectivity index (χ0) is 15.2. The van der Waals surface area contributed by atoms with Gasteiger partial charge in [-0.2, -0.15) is 12.8 Å². The van der Waals surface area contributed by atoms with Gasteiger partial charge in [-0.3, -0.25) is 0 Å². The highest BCUT2D eigenvalue weighted by atomic mass is 14.3. The number of allylic oxidation sites excluding steroid dienone is 8. The molecule has 112 valence electrons. The molecular formula is C20H31-. The Bertz CT molecular complexity index is 427. The highest BCUT2D eigenvalue weighted by Gasteiger charge is 2.26. The van der Waals surface area contributed by atoms with Gasteiger partial charge in [-0.15, -0.1) is 6.08 Å². The van der Waals surface area contributed by atoms with Gasteiger partial charge < -0.3 is 6.42 Å². The van der Waals surface area contributed by atoms with Crippen LogP contribution in [0.2, 0.25) is 0 Å². The van der Waals surface area contributed by atoms with Crippen LogP contribution in [-0.4, -0.2) is 0 Å². The minimum Gasteiger partial charge on any atom is -0.325 e. The molecule has 0 heteroatoms. The van der Waals surface area contributed by atoms with Gasteiger partial charge in [0, 0.05) is 0 Å². The zero-order valence-electron chi connectivity index (χ0n) is 14.2. The third-order valence-electron chi connectivity index (χ3n) is 4.35. The summed E-state index contributed by atoms with van der Waals surface area (Å²) >= 11 is 0. The van der Waals surface area contributed by atoms with Crippen molar-refractivity contribution in [2.75, 3.05) is 0 Å². The van der Waals surface area contributed by atoms with E-state index >= 15 is 0 Å². The molecule has 0 fully saturated rings. The fourth-order valence-electron chi connectivity index (χ4n) is 2.77. The van der Waals surface area contributed by atoms with Crippen LogP contribution in [0.25, 0.3) is 0 Å². The molecule has 0 aromatic carbocycles. The quantitative estimate of drug-likeness (QED) is 0.399. The maximum absolute atomic E-state index is 2.37. The van der Waals surface area contributed by atoms with E-state index < -0.39 is 0 Å². The zero-order valence-corrected chi connectivity index (χ0v) is 14.2. The van der Waals surface area contributed by atoms with Crippen molar-refractivity contribution in [3.63, 3.8) is 0 Å². The summed E-state index contributed by atoms with van der Waals surface area (Å²) in [5, 5.41) is 0. The van der Waals surface area contributed by atoms with Crippen molar-refractivity contribution >= 4 is 0 Å². The standard InChI is InChI=1S/C20H31/c1-7-16(2)10-8-11-17(3)13-14-19-18(4)12-9-15-20(19,5)6/h7-8,10-11,13-14,16H,9,12,15H2,1-6H3/q-1/b10-8+,14-13+,17-11+. The Morgan fingerprint density at radius 1 is 1.35 bits per heavy atom. The highest BCUT2D eigenvalue weighted by Crippen LogP contribution is 2.40. The molecule has 1 aliphatic rings. The molecule has 0 N–H and O–H groups in total. The van der Waals surface area contributed by atoms with Gasteiger partial charge in [0.25, 0.3) is 0 Å². The lowest BCUT2D eigenvalue weighted by Gasteiger charge is -2.32. The molecule has 0 amide bonds. The summed E-state index contributed by atoms with van der Waals surface area (Å²) in [6.07, 6.45) is 17.3. The molecule has 1 atom stereocenters. The van der Waals surface area contributed by atoms with E-state index in [-0.39, 0.29) is 0 Å². The maximum atomic E-state index is 2.37. The first-order valence-electron chi connectivity index (χ1n) is 7.89. The Kier molecular flexibility index (Phi) is 6.52. The average molecular weight is 271 g/mol. The van der Waals surface area contributed by atoms with Gasteiger partial charge in [0.1, 0.15) is 0 Å². The van der Waals surface area contributed by atoms with Crippen LogP contribution in [0.1, 0.15) is 60.8 Å². The first-order chi connectivity index (χ1) is 9.36. The Labute approximate surface area is 126 Å². The summed E-state index contributed by atoms with van der Waals surface area (Å²) in [5.74, 6) is 0.547. The molecule has 0 aromatic rings. The molecule has 0 nitrogen and oxygen atoms in total. The Hall–Kier alpha value is -1.04. The monoisotopic (exact) mass is 271 g/mol. The fourth-order valence-corrected chi connectivity index (χ4v) is 2.77. The molecule has 0 saturated heterocycles. The van der Waals surface area contributed by atoms with Gasteiger partial charge in [0.2, 0.25) is 0 Å². The Balaban J connectivity index is 2.76. The molecular weight excluding hydrogens is 240 g/mol.